The molecule has 1 aliphatic carbocycles. The molecule has 1 amide bonds. The van der Waals surface area contributed by atoms with Crippen molar-refractivity contribution in [2.24, 2.45) is 12.5 Å². The molecule has 116 valence electrons. The number of carboxylic acids is 1. The zero-order valence-corrected chi connectivity index (χ0v) is 12.3. The van der Waals surface area contributed by atoms with Crippen LogP contribution in [-0.4, -0.2) is 31.7 Å². The van der Waals surface area contributed by atoms with Crippen LogP contribution in [0.15, 0.2) is 6.33 Å². The summed E-state index contributed by atoms with van der Waals surface area (Å²) in [5.41, 5.74) is -0.905. The molecule has 2 rings (SSSR count). The zero-order valence-electron chi connectivity index (χ0n) is 12.3. The van der Waals surface area contributed by atoms with Gasteiger partial charge in [-0.25, -0.2) is 4.98 Å². The SMILES string of the molecule is Cn1cnc(CNC(=O)CC2(C(=O)O)CCCCCC2)n1. The standard InChI is InChI=1S/C14H22N4O3/c1-18-10-16-11(17-18)9-15-12(19)8-14(13(20)21)6-4-2-3-5-7-14/h10H,2-9H2,1H3,(H,15,19)(H,20,21). The van der Waals surface area contributed by atoms with Crippen LogP contribution in [0.25, 0.3) is 0 Å². The summed E-state index contributed by atoms with van der Waals surface area (Å²) in [6.07, 6.45) is 6.61. The van der Waals surface area contributed by atoms with E-state index in [1.165, 1.54) is 0 Å². The summed E-state index contributed by atoms with van der Waals surface area (Å²) in [5.74, 6) is -0.571. The van der Waals surface area contributed by atoms with Crippen molar-refractivity contribution in [3.8, 4) is 0 Å². The normalized spacial score (nSPS) is 18.0. The Morgan fingerprint density at radius 1 is 1.33 bits per heavy atom. The summed E-state index contributed by atoms with van der Waals surface area (Å²) in [6.45, 7) is 0.232. The lowest BCUT2D eigenvalue weighted by Gasteiger charge is -2.27. The van der Waals surface area contributed by atoms with E-state index in [1.54, 1.807) is 18.1 Å². The Bertz CT molecular complexity index is 504. The van der Waals surface area contributed by atoms with Gasteiger partial charge < -0.3 is 10.4 Å². The highest BCUT2D eigenvalue weighted by Crippen LogP contribution is 2.38. The molecule has 7 nitrogen and oxygen atoms in total. The van der Waals surface area contributed by atoms with Gasteiger partial charge in [0.1, 0.15) is 6.33 Å². The lowest BCUT2D eigenvalue weighted by molar-refractivity contribution is -0.152. The highest BCUT2D eigenvalue weighted by Gasteiger charge is 2.40. The van der Waals surface area contributed by atoms with Gasteiger partial charge in [-0.3, -0.25) is 14.3 Å². The first-order chi connectivity index (χ1) is 10.0. The van der Waals surface area contributed by atoms with Crippen LogP contribution < -0.4 is 5.32 Å². The molecule has 0 bridgehead atoms. The summed E-state index contributed by atoms with van der Waals surface area (Å²) in [6, 6.07) is 0. The smallest absolute Gasteiger partial charge is 0.310 e. The Morgan fingerprint density at radius 2 is 2.00 bits per heavy atom. The number of rotatable bonds is 5. The van der Waals surface area contributed by atoms with Crippen LogP contribution in [0.5, 0.6) is 0 Å². The number of amides is 1. The molecule has 1 fully saturated rings. The van der Waals surface area contributed by atoms with Crippen LogP contribution in [0.2, 0.25) is 0 Å². The third-order valence-electron chi connectivity index (χ3n) is 4.10. The van der Waals surface area contributed by atoms with E-state index in [0.717, 1.165) is 25.7 Å². The summed E-state index contributed by atoms with van der Waals surface area (Å²) >= 11 is 0. The van der Waals surface area contributed by atoms with Crippen molar-refractivity contribution < 1.29 is 14.7 Å². The molecule has 0 aromatic carbocycles. The van der Waals surface area contributed by atoms with Gasteiger partial charge in [0.25, 0.3) is 0 Å². The number of carbonyl (C=O) groups excluding carboxylic acids is 1. The lowest BCUT2D eigenvalue weighted by Crippen LogP contribution is -2.37. The van der Waals surface area contributed by atoms with Gasteiger partial charge in [0.2, 0.25) is 5.91 Å². The highest BCUT2D eigenvalue weighted by atomic mass is 16.4. The fourth-order valence-corrected chi connectivity index (χ4v) is 2.88. The Kier molecular flexibility index (Phi) is 4.93. The maximum absolute atomic E-state index is 12.1. The molecule has 7 heteroatoms. The van der Waals surface area contributed by atoms with Crippen molar-refractivity contribution in [1.82, 2.24) is 20.1 Å². The molecule has 1 heterocycles. The van der Waals surface area contributed by atoms with Gasteiger partial charge in [-0.05, 0) is 12.8 Å². The van der Waals surface area contributed by atoms with Gasteiger partial charge in [-0.15, -0.1) is 0 Å². The van der Waals surface area contributed by atoms with Crippen LogP contribution in [-0.2, 0) is 23.2 Å². The van der Waals surface area contributed by atoms with Gasteiger partial charge in [-0.2, -0.15) is 5.10 Å². The second kappa shape index (κ2) is 6.69. The molecule has 1 aromatic rings. The quantitative estimate of drug-likeness (QED) is 0.796. The molecular weight excluding hydrogens is 272 g/mol. The first kappa shape index (κ1) is 15.5. The number of aryl methyl sites for hydroxylation is 1. The Morgan fingerprint density at radius 3 is 2.52 bits per heavy atom. The molecule has 1 saturated carbocycles. The molecule has 0 aliphatic heterocycles. The largest absolute Gasteiger partial charge is 0.481 e. The molecule has 1 aromatic heterocycles. The molecule has 0 radical (unpaired) electrons. The molecular formula is C14H22N4O3. The van der Waals surface area contributed by atoms with Gasteiger partial charge in [-0.1, -0.05) is 25.7 Å². The average Bonchev–Trinajstić information content (AvgIpc) is 2.71. The van der Waals surface area contributed by atoms with Crippen molar-refractivity contribution in [2.45, 2.75) is 51.5 Å². The minimum atomic E-state index is -0.905. The molecule has 0 unspecified atom stereocenters. The first-order valence-electron chi connectivity index (χ1n) is 7.36. The number of aliphatic carboxylic acids is 1. The molecule has 0 saturated heterocycles. The summed E-state index contributed by atoms with van der Waals surface area (Å²) in [5, 5.41) is 16.3. The van der Waals surface area contributed by atoms with Gasteiger partial charge in [0.15, 0.2) is 5.82 Å². The predicted molar refractivity (Wildman–Crippen MR) is 75.2 cm³/mol. The van der Waals surface area contributed by atoms with Crippen LogP contribution in [0.3, 0.4) is 0 Å². The Balaban J connectivity index is 1.93. The Labute approximate surface area is 123 Å². The zero-order chi connectivity index (χ0) is 15.3. The van der Waals surface area contributed by atoms with Gasteiger partial charge in [0.05, 0.1) is 12.0 Å². The number of carboxylic acid groups (broad SMARTS) is 1. The van der Waals surface area contributed by atoms with E-state index in [0.29, 0.717) is 18.7 Å². The molecule has 0 spiro atoms. The molecule has 0 atom stereocenters. The number of aromatic nitrogens is 3. The summed E-state index contributed by atoms with van der Waals surface area (Å²) in [7, 11) is 1.75. The van der Waals surface area contributed by atoms with Crippen molar-refractivity contribution in [3.05, 3.63) is 12.2 Å². The third kappa shape index (κ3) is 4.03. The monoisotopic (exact) mass is 294 g/mol. The highest BCUT2D eigenvalue weighted by molar-refractivity contribution is 5.84. The number of nitrogens with one attached hydrogen (secondary N) is 1. The van der Waals surface area contributed by atoms with Crippen molar-refractivity contribution in [2.75, 3.05) is 0 Å². The average molecular weight is 294 g/mol. The second-order valence-electron chi connectivity index (χ2n) is 5.79. The maximum atomic E-state index is 12.1. The second-order valence-corrected chi connectivity index (χ2v) is 5.79. The van der Waals surface area contributed by atoms with Crippen LogP contribution >= 0.6 is 0 Å². The number of hydrogen-bond donors (Lipinski definition) is 2. The number of hydrogen-bond acceptors (Lipinski definition) is 4. The van der Waals surface area contributed by atoms with Crippen molar-refractivity contribution in [3.63, 3.8) is 0 Å². The number of nitrogens with zero attached hydrogens (tertiary/aromatic N) is 3. The van der Waals surface area contributed by atoms with E-state index in [4.69, 9.17) is 0 Å². The topological polar surface area (TPSA) is 97.1 Å². The van der Waals surface area contributed by atoms with E-state index < -0.39 is 11.4 Å². The first-order valence-corrected chi connectivity index (χ1v) is 7.36. The molecule has 21 heavy (non-hydrogen) atoms. The summed E-state index contributed by atoms with van der Waals surface area (Å²) < 4.78 is 1.56. The number of carbonyl (C=O) groups is 2. The van der Waals surface area contributed by atoms with Crippen LogP contribution in [0, 0.1) is 5.41 Å². The van der Waals surface area contributed by atoms with Crippen molar-refractivity contribution in [1.29, 1.82) is 0 Å². The minimum Gasteiger partial charge on any atom is -0.481 e. The lowest BCUT2D eigenvalue weighted by atomic mass is 9.77. The predicted octanol–water partition coefficient (Wildman–Crippen LogP) is 1.25. The van der Waals surface area contributed by atoms with E-state index in [-0.39, 0.29) is 18.9 Å². The summed E-state index contributed by atoms with van der Waals surface area (Å²) in [4.78, 5) is 27.7. The third-order valence-corrected chi connectivity index (χ3v) is 4.10. The maximum Gasteiger partial charge on any atom is 0.310 e. The fourth-order valence-electron chi connectivity index (χ4n) is 2.88. The van der Waals surface area contributed by atoms with Crippen LogP contribution in [0.1, 0.15) is 50.8 Å². The van der Waals surface area contributed by atoms with Crippen molar-refractivity contribution >= 4 is 11.9 Å². The molecule has 1 aliphatic rings. The van der Waals surface area contributed by atoms with E-state index in [2.05, 4.69) is 15.4 Å². The van der Waals surface area contributed by atoms with Gasteiger partial charge in [0, 0.05) is 13.5 Å². The van der Waals surface area contributed by atoms with E-state index >= 15 is 0 Å². The van der Waals surface area contributed by atoms with Crippen LogP contribution in [0.4, 0.5) is 0 Å². The van der Waals surface area contributed by atoms with E-state index in [1.807, 2.05) is 0 Å². The molecule has 2 N–H and O–H groups in total. The van der Waals surface area contributed by atoms with E-state index in [9.17, 15) is 14.7 Å². The Hall–Kier alpha value is -1.92. The minimum absolute atomic E-state index is 0.0369. The fraction of sp³-hybridized carbons (Fsp3) is 0.714. The van der Waals surface area contributed by atoms with Gasteiger partial charge >= 0.3 is 5.97 Å².